The number of hydrogen-bond acceptors (Lipinski definition) is 2. The summed E-state index contributed by atoms with van der Waals surface area (Å²) in [5.74, 6) is 3.85. The van der Waals surface area contributed by atoms with Gasteiger partial charge < -0.3 is 4.57 Å². The van der Waals surface area contributed by atoms with Crippen LogP contribution in [0, 0.1) is 5.92 Å². The van der Waals surface area contributed by atoms with Crippen LogP contribution in [0.5, 0.6) is 0 Å². The molecule has 0 aliphatic heterocycles. The molecule has 15 heavy (non-hydrogen) atoms. The van der Waals surface area contributed by atoms with E-state index in [9.17, 15) is 0 Å². The fraction of sp³-hybridized carbons (Fsp3) is 0.818. The lowest BCUT2D eigenvalue weighted by Gasteiger charge is -2.15. The van der Waals surface area contributed by atoms with Gasteiger partial charge in [0, 0.05) is 12.5 Å². The molecule has 0 saturated heterocycles. The van der Waals surface area contributed by atoms with Gasteiger partial charge in [0.1, 0.15) is 11.6 Å². The summed E-state index contributed by atoms with van der Waals surface area (Å²) in [4.78, 5) is 0. The molecular weight excluding hydrogens is 210 g/mol. The summed E-state index contributed by atoms with van der Waals surface area (Å²) in [6.07, 6.45) is 3.89. The highest BCUT2D eigenvalue weighted by Crippen LogP contribution is 2.38. The fourth-order valence-corrected chi connectivity index (χ4v) is 2.79. The molecule has 0 radical (unpaired) electrons. The molecule has 1 aliphatic carbocycles. The van der Waals surface area contributed by atoms with Crippen molar-refractivity contribution in [2.45, 2.75) is 51.5 Å². The lowest BCUT2D eigenvalue weighted by molar-refractivity contribution is 0.484. The Hall–Kier alpha value is -0.570. The Bertz CT molecular complexity index is 335. The van der Waals surface area contributed by atoms with Crippen LogP contribution in [-0.4, -0.2) is 14.8 Å². The van der Waals surface area contributed by atoms with Gasteiger partial charge >= 0.3 is 0 Å². The zero-order valence-electron chi connectivity index (χ0n) is 9.41. The van der Waals surface area contributed by atoms with Gasteiger partial charge in [0.2, 0.25) is 0 Å². The minimum Gasteiger partial charge on any atom is -0.314 e. The molecule has 1 aromatic heterocycles. The van der Waals surface area contributed by atoms with Crippen molar-refractivity contribution in [3.05, 3.63) is 11.6 Å². The van der Waals surface area contributed by atoms with Crippen LogP contribution in [0.3, 0.4) is 0 Å². The van der Waals surface area contributed by atoms with Crippen molar-refractivity contribution in [1.29, 1.82) is 0 Å². The zero-order valence-corrected chi connectivity index (χ0v) is 10.2. The highest BCUT2D eigenvalue weighted by atomic mass is 35.5. The van der Waals surface area contributed by atoms with Crippen molar-refractivity contribution in [2.24, 2.45) is 5.92 Å². The van der Waals surface area contributed by atoms with Crippen LogP contribution < -0.4 is 0 Å². The maximum atomic E-state index is 5.84. The molecular formula is C11H18ClN3. The second-order valence-corrected chi connectivity index (χ2v) is 4.63. The Balaban J connectivity index is 2.30. The van der Waals surface area contributed by atoms with Crippen LogP contribution in [0.1, 0.15) is 50.7 Å². The predicted molar refractivity (Wildman–Crippen MR) is 61.0 cm³/mol. The Labute approximate surface area is 95.8 Å². The quantitative estimate of drug-likeness (QED) is 0.744. The highest BCUT2D eigenvalue weighted by molar-refractivity contribution is 6.16. The van der Waals surface area contributed by atoms with Crippen LogP contribution in [0.4, 0.5) is 0 Å². The van der Waals surface area contributed by atoms with E-state index in [1.807, 2.05) is 0 Å². The summed E-state index contributed by atoms with van der Waals surface area (Å²) >= 11 is 5.84. The van der Waals surface area contributed by atoms with E-state index in [1.54, 1.807) is 0 Å². The van der Waals surface area contributed by atoms with Gasteiger partial charge in [-0.2, -0.15) is 0 Å². The topological polar surface area (TPSA) is 30.7 Å². The molecule has 1 heterocycles. The molecule has 0 amide bonds. The minimum absolute atomic E-state index is 0.460. The molecule has 0 N–H and O–H groups in total. The van der Waals surface area contributed by atoms with E-state index in [1.165, 1.54) is 19.3 Å². The van der Waals surface area contributed by atoms with E-state index in [0.717, 1.165) is 24.1 Å². The van der Waals surface area contributed by atoms with E-state index >= 15 is 0 Å². The summed E-state index contributed by atoms with van der Waals surface area (Å²) in [5, 5.41) is 8.48. The summed E-state index contributed by atoms with van der Waals surface area (Å²) in [6.45, 7) is 5.36. The Kier molecular flexibility index (Phi) is 3.29. The van der Waals surface area contributed by atoms with Gasteiger partial charge in [-0.25, -0.2) is 0 Å². The number of nitrogens with zero attached hydrogens (tertiary/aromatic N) is 3. The molecule has 1 aromatic rings. The smallest absolute Gasteiger partial charge is 0.147 e. The maximum absolute atomic E-state index is 5.84. The molecule has 1 saturated carbocycles. The second-order valence-electron chi connectivity index (χ2n) is 4.37. The molecule has 3 nitrogen and oxygen atoms in total. The standard InChI is InChI=1S/C11H18ClN3/c1-3-15-10(7-12)13-14-11(15)9-6-4-5-8(9)2/h8-9H,3-7H2,1-2H3. The summed E-state index contributed by atoms with van der Waals surface area (Å²) < 4.78 is 2.18. The van der Waals surface area contributed by atoms with Crippen molar-refractivity contribution in [2.75, 3.05) is 0 Å². The molecule has 4 heteroatoms. The Morgan fingerprint density at radius 3 is 2.73 bits per heavy atom. The monoisotopic (exact) mass is 227 g/mol. The molecule has 2 unspecified atom stereocenters. The van der Waals surface area contributed by atoms with Gasteiger partial charge in [-0.05, 0) is 25.7 Å². The average molecular weight is 228 g/mol. The van der Waals surface area contributed by atoms with Gasteiger partial charge in [-0.1, -0.05) is 13.3 Å². The molecule has 1 fully saturated rings. The number of halogens is 1. The largest absolute Gasteiger partial charge is 0.314 e. The third-order valence-corrected chi connectivity index (χ3v) is 3.72. The van der Waals surface area contributed by atoms with Crippen molar-refractivity contribution >= 4 is 11.6 Å². The van der Waals surface area contributed by atoms with Crippen molar-refractivity contribution < 1.29 is 0 Å². The second kappa shape index (κ2) is 4.52. The van der Waals surface area contributed by atoms with Gasteiger partial charge in [-0.3, -0.25) is 0 Å². The first kappa shape index (κ1) is 10.9. The van der Waals surface area contributed by atoms with Gasteiger partial charge in [-0.15, -0.1) is 21.8 Å². The number of rotatable bonds is 3. The third-order valence-electron chi connectivity index (χ3n) is 3.48. The van der Waals surface area contributed by atoms with E-state index in [0.29, 0.717) is 11.8 Å². The Morgan fingerprint density at radius 1 is 1.40 bits per heavy atom. The molecule has 0 bridgehead atoms. The zero-order chi connectivity index (χ0) is 10.8. The van der Waals surface area contributed by atoms with Crippen molar-refractivity contribution in [3.63, 3.8) is 0 Å². The van der Waals surface area contributed by atoms with Gasteiger partial charge in [0.05, 0.1) is 5.88 Å². The number of alkyl halides is 1. The van der Waals surface area contributed by atoms with Crippen LogP contribution in [0.15, 0.2) is 0 Å². The van der Waals surface area contributed by atoms with Crippen LogP contribution >= 0.6 is 11.6 Å². The van der Waals surface area contributed by atoms with E-state index in [4.69, 9.17) is 11.6 Å². The SMILES string of the molecule is CCn1c(CCl)nnc1C1CCCC1C. The van der Waals surface area contributed by atoms with E-state index in [-0.39, 0.29) is 0 Å². The minimum atomic E-state index is 0.460. The van der Waals surface area contributed by atoms with Crippen LogP contribution in [0.2, 0.25) is 0 Å². The summed E-state index contributed by atoms with van der Waals surface area (Å²) in [5.41, 5.74) is 0. The molecule has 0 aromatic carbocycles. The lowest BCUT2D eigenvalue weighted by Crippen LogP contribution is -2.12. The third kappa shape index (κ3) is 1.89. The summed E-state index contributed by atoms with van der Waals surface area (Å²) in [7, 11) is 0. The normalized spacial score (nSPS) is 26.1. The maximum Gasteiger partial charge on any atom is 0.147 e. The van der Waals surface area contributed by atoms with Gasteiger partial charge in [0.15, 0.2) is 0 Å². The van der Waals surface area contributed by atoms with Crippen molar-refractivity contribution in [3.8, 4) is 0 Å². The fourth-order valence-electron chi connectivity index (χ4n) is 2.60. The predicted octanol–water partition coefficient (Wildman–Crippen LogP) is 2.94. The van der Waals surface area contributed by atoms with E-state index in [2.05, 4.69) is 28.6 Å². The van der Waals surface area contributed by atoms with Crippen LogP contribution in [-0.2, 0) is 12.4 Å². The number of aromatic nitrogens is 3. The number of hydrogen-bond donors (Lipinski definition) is 0. The molecule has 0 spiro atoms. The first-order valence-corrected chi connectivity index (χ1v) is 6.29. The molecule has 1 aliphatic rings. The average Bonchev–Trinajstić information content (AvgIpc) is 2.82. The first-order chi connectivity index (χ1) is 7.27. The lowest BCUT2D eigenvalue weighted by atomic mass is 9.97. The summed E-state index contributed by atoms with van der Waals surface area (Å²) in [6, 6.07) is 0. The van der Waals surface area contributed by atoms with Crippen molar-refractivity contribution in [1.82, 2.24) is 14.8 Å². The van der Waals surface area contributed by atoms with Gasteiger partial charge in [0.25, 0.3) is 0 Å². The molecule has 84 valence electrons. The first-order valence-electron chi connectivity index (χ1n) is 5.75. The molecule has 2 rings (SSSR count). The van der Waals surface area contributed by atoms with Crippen LogP contribution in [0.25, 0.3) is 0 Å². The van der Waals surface area contributed by atoms with E-state index < -0.39 is 0 Å². The molecule has 2 atom stereocenters. The Morgan fingerprint density at radius 2 is 2.20 bits per heavy atom. The highest BCUT2D eigenvalue weighted by Gasteiger charge is 2.29.